The molecule has 31 heavy (non-hydrogen) atoms. The summed E-state index contributed by atoms with van der Waals surface area (Å²) in [5.41, 5.74) is 5.89. The minimum atomic E-state index is -0.647. The number of benzene rings is 2. The van der Waals surface area contributed by atoms with Crippen LogP contribution in [0, 0.1) is 0 Å². The van der Waals surface area contributed by atoms with Crippen molar-refractivity contribution in [1.82, 2.24) is 20.6 Å². The zero-order valence-corrected chi connectivity index (χ0v) is 17.0. The fraction of sp³-hybridized carbons (Fsp3) is 0.130. The van der Waals surface area contributed by atoms with Crippen LogP contribution in [-0.2, 0) is 0 Å². The molecule has 0 aliphatic carbocycles. The molecule has 4 rings (SSSR count). The molecule has 2 aromatic carbocycles. The first-order valence-corrected chi connectivity index (χ1v) is 9.72. The smallest absolute Gasteiger partial charge is 0.306 e. The normalized spacial score (nSPS) is 10.9. The Morgan fingerprint density at radius 2 is 1.55 bits per heavy atom. The molecule has 2 aromatic heterocycles. The van der Waals surface area contributed by atoms with Crippen LogP contribution >= 0.6 is 0 Å². The zero-order valence-electron chi connectivity index (χ0n) is 17.0. The summed E-state index contributed by atoms with van der Waals surface area (Å²) in [5, 5.41) is 5.00. The van der Waals surface area contributed by atoms with E-state index in [0.29, 0.717) is 16.3 Å². The third-order valence-corrected chi connectivity index (χ3v) is 4.78. The van der Waals surface area contributed by atoms with Gasteiger partial charge < -0.3 is 4.42 Å². The highest BCUT2D eigenvalue weighted by atomic mass is 16.3. The van der Waals surface area contributed by atoms with E-state index in [9.17, 15) is 14.4 Å². The molecule has 4 aromatic rings. The molecule has 0 bridgehead atoms. The van der Waals surface area contributed by atoms with E-state index < -0.39 is 11.8 Å². The molecule has 0 aliphatic rings. The van der Waals surface area contributed by atoms with Gasteiger partial charge in [0.15, 0.2) is 5.69 Å². The van der Waals surface area contributed by atoms with Crippen LogP contribution in [0.15, 0.2) is 76.1 Å². The third-order valence-electron chi connectivity index (χ3n) is 4.78. The number of furan rings is 1. The number of nitrogens with one attached hydrogen (secondary N) is 2. The molecule has 0 radical (unpaired) electrons. The number of aromatic nitrogens is 2. The molecule has 0 atom stereocenters. The summed E-state index contributed by atoms with van der Waals surface area (Å²) in [4.78, 5) is 38.1. The van der Waals surface area contributed by atoms with E-state index in [-0.39, 0.29) is 23.1 Å². The molecular formula is C23H20N4O4. The predicted molar refractivity (Wildman–Crippen MR) is 115 cm³/mol. The van der Waals surface area contributed by atoms with Crippen molar-refractivity contribution in [3.8, 4) is 11.1 Å². The van der Waals surface area contributed by atoms with Crippen LogP contribution in [0.2, 0.25) is 0 Å². The molecule has 0 spiro atoms. The third kappa shape index (κ3) is 3.83. The van der Waals surface area contributed by atoms with Crippen LogP contribution in [-0.4, -0.2) is 21.6 Å². The maximum Gasteiger partial charge on any atom is 0.306 e. The van der Waals surface area contributed by atoms with E-state index in [2.05, 4.69) is 16.0 Å². The van der Waals surface area contributed by atoms with Crippen molar-refractivity contribution in [3.05, 3.63) is 88.7 Å². The Morgan fingerprint density at radius 3 is 2.26 bits per heavy atom. The zero-order chi connectivity index (χ0) is 22.0. The van der Waals surface area contributed by atoms with Crippen molar-refractivity contribution in [3.63, 3.8) is 0 Å². The van der Waals surface area contributed by atoms with Crippen LogP contribution in [0.5, 0.6) is 0 Å². The van der Waals surface area contributed by atoms with E-state index in [0.717, 1.165) is 5.56 Å². The van der Waals surface area contributed by atoms with Gasteiger partial charge in [-0.1, -0.05) is 48.5 Å². The van der Waals surface area contributed by atoms with Gasteiger partial charge in [0.1, 0.15) is 0 Å². The standard InChI is InChI=1S/C23H20N4O4/c1-14(2)27-23(30)18-11-7-6-10-17(18)19(26-27)21(28)24-25-22(29)20-16(12-13-31-20)15-8-4-3-5-9-15/h3-14H,1-2H3,(H,24,28)(H,25,29). The van der Waals surface area contributed by atoms with Crippen molar-refractivity contribution in [2.45, 2.75) is 19.9 Å². The summed E-state index contributed by atoms with van der Waals surface area (Å²) in [6.45, 7) is 3.60. The lowest BCUT2D eigenvalue weighted by atomic mass is 10.1. The molecule has 2 amide bonds. The van der Waals surface area contributed by atoms with Gasteiger partial charge >= 0.3 is 5.91 Å². The van der Waals surface area contributed by atoms with Gasteiger partial charge in [0.2, 0.25) is 5.76 Å². The molecule has 0 fully saturated rings. The van der Waals surface area contributed by atoms with Crippen molar-refractivity contribution in [1.29, 1.82) is 0 Å². The quantitative estimate of drug-likeness (QED) is 0.497. The molecule has 2 heterocycles. The Balaban J connectivity index is 1.60. The van der Waals surface area contributed by atoms with E-state index >= 15 is 0 Å². The second-order valence-electron chi connectivity index (χ2n) is 7.18. The van der Waals surface area contributed by atoms with E-state index in [1.165, 1.54) is 10.9 Å². The number of carbonyl (C=O) groups is 2. The molecule has 0 aliphatic heterocycles. The van der Waals surface area contributed by atoms with Crippen LogP contribution < -0.4 is 16.4 Å². The fourth-order valence-corrected chi connectivity index (χ4v) is 3.28. The first-order chi connectivity index (χ1) is 15.0. The second kappa shape index (κ2) is 8.27. The summed E-state index contributed by atoms with van der Waals surface area (Å²) in [7, 11) is 0. The minimum absolute atomic E-state index is 0.0342. The number of hydrogen-bond acceptors (Lipinski definition) is 5. The van der Waals surface area contributed by atoms with Gasteiger partial charge in [0, 0.05) is 10.9 Å². The summed E-state index contributed by atoms with van der Waals surface area (Å²) in [6.07, 6.45) is 1.41. The Bertz CT molecular complexity index is 1320. The SMILES string of the molecule is CC(C)n1nc(C(=O)NNC(=O)c2occc2-c2ccccc2)c2ccccc2c1=O. The fourth-order valence-electron chi connectivity index (χ4n) is 3.28. The number of amides is 2. The van der Waals surface area contributed by atoms with Crippen LogP contribution in [0.25, 0.3) is 21.9 Å². The van der Waals surface area contributed by atoms with Gasteiger partial charge in [-0.05, 0) is 31.5 Å². The van der Waals surface area contributed by atoms with Gasteiger partial charge in [-0.3, -0.25) is 25.2 Å². The van der Waals surface area contributed by atoms with Crippen molar-refractivity contribution >= 4 is 22.6 Å². The number of hydrazine groups is 1. The largest absolute Gasteiger partial charge is 0.458 e. The Kier molecular flexibility index (Phi) is 5.36. The summed E-state index contributed by atoms with van der Waals surface area (Å²) >= 11 is 0. The molecule has 0 unspecified atom stereocenters. The monoisotopic (exact) mass is 416 g/mol. The van der Waals surface area contributed by atoms with Gasteiger partial charge in [0.05, 0.1) is 17.7 Å². The van der Waals surface area contributed by atoms with E-state index in [4.69, 9.17) is 4.42 Å². The predicted octanol–water partition coefficient (Wildman–Crippen LogP) is 3.31. The van der Waals surface area contributed by atoms with Crippen LogP contribution in [0.4, 0.5) is 0 Å². The van der Waals surface area contributed by atoms with Crippen LogP contribution in [0.1, 0.15) is 40.9 Å². The second-order valence-corrected chi connectivity index (χ2v) is 7.18. The summed E-state index contributed by atoms with van der Waals surface area (Å²) < 4.78 is 6.58. The average Bonchev–Trinajstić information content (AvgIpc) is 3.28. The lowest BCUT2D eigenvalue weighted by molar-refractivity contribution is 0.0828. The molecule has 2 N–H and O–H groups in total. The molecule has 0 saturated heterocycles. The number of nitrogens with zero attached hydrogens (tertiary/aromatic N) is 2. The maximum atomic E-state index is 12.8. The Morgan fingerprint density at radius 1 is 0.903 bits per heavy atom. The topological polar surface area (TPSA) is 106 Å². The van der Waals surface area contributed by atoms with Gasteiger partial charge in [-0.2, -0.15) is 5.10 Å². The molecule has 156 valence electrons. The Hall–Kier alpha value is -4.20. The number of fused-ring (bicyclic) bond motifs is 1. The number of carbonyl (C=O) groups excluding carboxylic acids is 2. The van der Waals surface area contributed by atoms with E-state index in [1.807, 2.05) is 30.3 Å². The van der Waals surface area contributed by atoms with E-state index in [1.54, 1.807) is 44.2 Å². The van der Waals surface area contributed by atoms with Crippen molar-refractivity contribution in [2.24, 2.45) is 0 Å². The van der Waals surface area contributed by atoms with Gasteiger partial charge in [0.25, 0.3) is 11.5 Å². The maximum absolute atomic E-state index is 12.8. The van der Waals surface area contributed by atoms with Crippen LogP contribution in [0.3, 0.4) is 0 Å². The number of rotatable bonds is 4. The number of hydrogen-bond donors (Lipinski definition) is 2. The lowest BCUT2D eigenvalue weighted by Gasteiger charge is -2.13. The Labute approximate surface area is 177 Å². The van der Waals surface area contributed by atoms with Gasteiger partial charge in [-0.15, -0.1) is 0 Å². The molecule has 0 saturated carbocycles. The lowest BCUT2D eigenvalue weighted by Crippen LogP contribution is -2.43. The molecule has 8 nitrogen and oxygen atoms in total. The first kappa shape index (κ1) is 20.1. The van der Waals surface area contributed by atoms with Gasteiger partial charge in [-0.25, -0.2) is 4.68 Å². The minimum Gasteiger partial charge on any atom is -0.458 e. The summed E-state index contributed by atoms with van der Waals surface area (Å²) in [6, 6.07) is 17.4. The first-order valence-electron chi connectivity index (χ1n) is 9.72. The summed E-state index contributed by atoms with van der Waals surface area (Å²) in [5.74, 6) is -1.19. The highest BCUT2D eigenvalue weighted by Crippen LogP contribution is 2.24. The molecule has 8 heteroatoms. The van der Waals surface area contributed by atoms with Crippen molar-refractivity contribution < 1.29 is 14.0 Å². The average molecular weight is 416 g/mol. The molecular weight excluding hydrogens is 396 g/mol. The highest BCUT2D eigenvalue weighted by Gasteiger charge is 2.21. The van der Waals surface area contributed by atoms with Crippen molar-refractivity contribution in [2.75, 3.05) is 0 Å². The highest BCUT2D eigenvalue weighted by molar-refractivity contribution is 6.06.